The van der Waals surface area contributed by atoms with Crippen LogP contribution in [0, 0.1) is 4.77 Å². The molecular formula is C13H14N4OS2. The van der Waals surface area contributed by atoms with Gasteiger partial charge in [-0.1, -0.05) is 6.92 Å². The molecule has 0 saturated carbocycles. The molecule has 0 saturated heterocycles. The zero-order chi connectivity index (χ0) is 14.1. The fourth-order valence-corrected chi connectivity index (χ4v) is 3.04. The second kappa shape index (κ2) is 5.34. The molecule has 5 nitrogen and oxygen atoms in total. The highest BCUT2D eigenvalue weighted by Gasteiger charge is 2.17. The van der Waals surface area contributed by atoms with Gasteiger partial charge < -0.3 is 4.42 Å². The summed E-state index contributed by atoms with van der Waals surface area (Å²) in [7, 11) is 0. The van der Waals surface area contributed by atoms with Gasteiger partial charge in [-0.15, -0.1) is 11.3 Å². The molecule has 1 atom stereocenters. The summed E-state index contributed by atoms with van der Waals surface area (Å²) in [5, 5.41) is 9.98. The number of thiazole rings is 1. The first-order chi connectivity index (χ1) is 9.70. The maximum absolute atomic E-state index is 5.37. The Morgan fingerprint density at radius 2 is 2.40 bits per heavy atom. The van der Waals surface area contributed by atoms with Crippen molar-refractivity contribution < 1.29 is 4.42 Å². The van der Waals surface area contributed by atoms with E-state index in [-0.39, 0.29) is 6.04 Å². The van der Waals surface area contributed by atoms with Crippen molar-refractivity contribution in [1.29, 1.82) is 0 Å². The van der Waals surface area contributed by atoms with Crippen LogP contribution in [-0.2, 0) is 0 Å². The number of hydrogen-bond donors (Lipinski definition) is 1. The van der Waals surface area contributed by atoms with E-state index in [0.717, 1.165) is 28.7 Å². The molecule has 3 aromatic heterocycles. The molecule has 0 aromatic carbocycles. The normalized spacial score (nSPS) is 12.7. The molecule has 0 aliphatic heterocycles. The maximum Gasteiger partial charge on any atom is 0.195 e. The zero-order valence-electron chi connectivity index (χ0n) is 11.2. The van der Waals surface area contributed by atoms with Crippen molar-refractivity contribution in [2.75, 3.05) is 0 Å². The highest BCUT2D eigenvalue weighted by Crippen LogP contribution is 2.29. The number of aromatic amines is 1. The highest BCUT2D eigenvalue weighted by molar-refractivity contribution is 7.71. The van der Waals surface area contributed by atoms with Crippen LogP contribution in [0.5, 0.6) is 0 Å². The van der Waals surface area contributed by atoms with Crippen molar-refractivity contribution in [1.82, 2.24) is 19.7 Å². The number of nitrogens with one attached hydrogen (secondary N) is 1. The van der Waals surface area contributed by atoms with Crippen LogP contribution < -0.4 is 0 Å². The summed E-state index contributed by atoms with van der Waals surface area (Å²) in [6, 6.07) is 4.03. The third-order valence-electron chi connectivity index (χ3n) is 3.20. The third-order valence-corrected chi connectivity index (χ3v) is 4.35. The van der Waals surface area contributed by atoms with Gasteiger partial charge in [0.2, 0.25) is 0 Å². The topological polar surface area (TPSA) is 59.6 Å². The largest absolute Gasteiger partial charge is 0.462 e. The molecule has 1 N–H and O–H groups in total. The van der Waals surface area contributed by atoms with E-state index in [0.29, 0.717) is 4.77 Å². The molecule has 104 valence electrons. The van der Waals surface area contributed by atoms with Gasteiger partial charge in [-0.2, -0.15) is 5.10 Å². The lowest BCUT2D eigenvalue weighted by Crippen LogP contribution is -2.06. The summed E-state index contributed by atoms with van der Waals surface area (Å²) in [6.45, 7) is 4.24. The molecule has 7 heteroatoms. The molecule has 0 aliphatic carbocycles. The fraction of sp³-hybridized carbons (Fsp3) is 0.308. The lowest BCUT2D eigenvalue weighted by Gasteiger charge is -2.11. The Morgan fingerprint density at radius 1 is 1.55 bits per heavy atom. The van der Waals surface area contributed by atoms with Crippen LogP contribution in [0.3, 0.4) is 0 Å². The van der Waals surface area contributed by atoms with Crippen molar-refractivity contribution in [2.24, 2.45) is 0 Å². The van der Waals surface area contributed by atoms with Crippen molar-refractivity contribution >= 4 is 23.6 Å². The molecule has 0 spiro atoms. The molecule has 0 aliphatic rings. The van der Waals surface area contributed by atoms with E-state index in [1.54, 1.807) is 6.26 Å². The average molecular weight is 306 g/mol. The van der Waals surface area contributed by atoms with Crippen LogP contribution in [-0.4, -0.2) is 19.7 Å². The SMILES string of the molecule is CCC(C)n1c(-c2csc(-c3ccco3)n2)n[nH]c1=S. The lowest BCUT2D eigenvalue weighted by molar-refractivity contribution is 0.528. The van der Waals surface area contributed by atoms with Crippen LogP contribution in [0.4, 0.5) is 0 Å². The Bertz CT molecular complexity index is 754. The zero-order valence-corrected chi connectivity index (χ0v) is 12.8. The van der Waals surface area contributed by atoms with Crippen LogP contribution in [0.15, 0.2) is 28.2 Å². The summed E-state index contributed by atoms with van der Waals surface area (Å²) in [5.41, 5.74) is 0.814. The molecular weight excluding hydrogens is 292 g/mol. The molecule has 0 radical (unpaired) electrons. The Morgan fingerprint density at radius 3 is 3.10 bits per heavy atom. The molecule has 3 aromatic rings. The minimum absolute atomic E-state index is 0.282. The summed E-state index contributed by atoms with van der Waals surface area (Å²) < 4.78 is 8.00. The average Bonchev–Trinajstić information content (AvgIpc) is 3.16. The molecule has 3 heterocycles. The van der Waals surface area contributed by atoms with Gasteiger partial charge in [0.15, 0.2) is 21.4 Å². The van der Waals surface area contributed by atoms with Crippen molar-refractivity contribution in [3.63, 3.8) is 0 Å². The van der Waals surface area contributed by atoms with Crippen LogP contribution >= 0.6 is 23.6 Å². The van der Waals surface area contributed by atoms with Crippen LogP contribution in [0.2, 0.25) is 0 Å². The molecule has 20 heavy (non-hydrogen) atoms. The lowest BCUT2D eigenvalue weighted by atomic mass is 10.2. The Kier molecular flexibility index (Phi) is 3.54. The van der Waals surface area contributed by atoms with E-state index >= 15 is 0 Å². The van der Waals surface area contributed by atoms with Crippen molar-refractivity contribution in [2.45, 2.75) is 26.3 Å². The van der Waals surface area contributed by atoms with Gasteiger partial charge in [0.25, 0.3) is 0 Å². The summed E-state index contributed by atoms with van der Waals surface area (Å²) in [6.07, 6.45) is 2.63. The number of aromatic nitrogens is 4. The predicted octanol–water partition coefficient (Wildman–Crippen LogP) is 4.30. The van der Waals surface area contributed by atoms with E-state index < -0.39 is 0 Å². The minimum atomic E-state index is 0.282. The van der Waals surface area contributed by atoms with Crippen LogP contribution in [0.1, 0.15) is 26.3 Å². The summed E-state index contributed by atoms with van der Waals surface area (Å²) >= 11 is 6.84. The van der Waals surface area contributed by atoms with Crippen LogP contribution in [0.25, 0.3) is 22.3 Å². The highest BCUT2D eigenvalue weighted by atomic mass is 32.1. The Hall–Kier alpha value is -1.73. The third kappa shape index (κ3) is 2.23. The smallest absolute Gasteiger partial charge is 0.195 e. The van der Waals surface area contributed by atoms with E-state index in [9.17, 15) is 0 Å². The second-order valence-electron chi connectivity index (χ2n) is 4.49. The minimum Gasteiger partial charge on any atom is -0.462 e. The number of hydrogen-bond acceptors (Lipinski definition) is 5. The van der Waals surface area contributed by atoms with E-state index in [1.165, 1.54) is 11.3 Å². The first-order valence-corrected chi connectivity index (χ1v) is 7.66. The monoisotopic (exact) mass is 306 g/mol. The number of H-pyrrole nitrogens is 1. The van der Waals surface area contributed by atoms with Gasteiger partial charge >= 0.3 is 0 Å². The van der Waals surface area contributed by atoms with Gasteiger partial charge in [0, 0.05) is 11.4 Å². The van der Waals surface area contributed by atoms with E-state index in [2.05, 4.69) is 29.0 Å². The standard InChI is InChI=1S/C13H14N4OS2/c1-3-8(2)17-11(15-16-13(17)19)9-7-20-12(14-9)10-5-4-6-18-10/h4-8H,3H2,1-2H3,(H,16,19). The van der Waals surface area contributed by atoms with Crippen molar-refractivity contribution in [3.8, 4) is 22.3 Å². The fourth-order valence-electron chi connectivity index (χ4n) is 1.97. The second-order valence-corrected chi connectivity index (χ2v) is 5.74. The van der Waals surface area contributed by atoms with E-state index in [1.807, 2.05) is 22.1 Å². The first-order valence-electron chi connectivity index (χ1n) is 6.37. The maximum atomic E-state index is 5.37. The Balaban J connectivity index is 2.04. The van der Waals surface area contributed by atoms with Crippen molar-refractivity contribution in [3.05, 3.63) is 28.5 Å². The van der Waals surface area contributed by atoms with Gasteiger partial charge in [-0.25, -0.2) is 4.98 Å². The van der Waals surface area contributed by atoms with E-state index in [4.69, 9.17) is 16.6 Å². The molecule has 0 amide bonds. The quantitative estimate of drug-likeness (QED) is 0.730. The number of furan rings is 1. The van der Waals surface area contributed by atoms with Gasteiger partial charge in [-0.3, -0.25) is 9.67 Å². The predicted molar refractivity (Wildman–Crippen MR) is 81.2 cm³/mol. The molecule has 0 bridgehead atoms. The van der Waals surface area contributed by atoms with Gasteiger partial charge in [0.1, 0.15) is 5.69 Å². The first kappa shape index (κ1) is 13.3. The molecule has 0 fully saturated rings. The van der Waals surface area contributed by atoms with Gasteiger partial charge in [-0.05, 0) is 37.7 Å². The Labute approximate surface area is 125 Å². The number of nitrogens with zero attached hydrogens (tertiary/aromatic N) is 3. The molecule has 3 rings (SSSR count). The molecule has 1 unspecified atom stereocenters. The summed E-state index contributed by atoms with van der Waals surface area (Å²) in [5.74, 6) is 1.55. The van der Waals surface area contributed by atoms with Gasteiger partial charge in [0.05, 0.1) is 6.26 Å². The number of rotatable bonds is 4. The summed E-state index contributed by atoms with van der Waals surface area (Å²) in [4.78, 5) is 4.59.